The van der Waals surface area contributed by atoms with E-state index in [1.54, 1.807) is 14.2 Å². The maximum absolute atomic E-state index is 11.3. The number of rotatable bonds is 10. The number of aliphatic hydroxyl groups excluding tert-OH is 1. The summed E-state index contributed by atoms with van der Waals surface area (Å²) in [5.41, 5.74) is 0.985. The summed E-state index contributed by atoms with van der Waals surface area (Å²) in [6.07, 6.45) is -0.758. The van der Waals surface area contributed by atoms with Gasteiger partial charge in [-0.05, 0) is 17.7 Å². The Labute approximate surface area is 130 Å². The third-order valence-electron chi connectivity index (χ3n) is 2.83. The molecule has 1 atom stereocenters. The Kier molecular flexibility index (Phi) is 8.97. The van der Waals surface area contributed by atoms with E-state index in [0.717, 1.165) is 11.3 Å². The molecule has 7 nitrogen and oxygen atoms in total. The van der Waals surface area contributed by atoms with Gasteiger partial charge in [0.05, 0.1) is 33.0 Å². The van der Waals surface area contributed by atoms with Gasteiger partial charge in [0.1, 0.15) is 5.75 Å². The van der Waals surface area contributed by atoms with E-state index >= 15 is 0 Å². The fraction of sp³-hybridized carbons (Fsp3) is 0.533. The third-order valence-corrected chi connectivity index (χ3v) is 2.83. The number of urea groups is 1. The van der Waals surface area contributed by atoms with Crippen LogP contribution in [0.5, 0.6) is 5.75 Å². The van der Waals surface area contributed by atoms with Gasteiger partial charge in [-0.1, -0.05) is 12.1 Å². The topological polar surface area (TPSA) is 89.1 Å². The minimum atomic E-state index is -0.758. The molecule has 0 fully saturated rings. The average molecular weight is 312 g/mol. The maximum Gasteiger partial charge on any atom is 0.314 e. The molecule has 2 amide bonds. The minimum Gasteiger partial charge on any atom is -0.497 e. The molecule has 1 rings (SSSR count). The zero-order chi connectivity index (χ0) is 16.2. The van der Waals surface area contributed by atoms with Crippen LogP contribution < -0.4 is 15.4 Å². The Morgan fingerprint density at radius 1 is 1.23 bits per heavy atom. The molecule has 3 N–H and O–H groups in total. The van der Waals surface area contributed by atoms with Gasteiger partial charge in [0.2, 0.25) is 0 Å². The van der Waals surface area contributed by atoms with Crippen LogP contribution in [-0.2, 0) is 16.1 Å². The van der Waals surface area contributed by atoms with Crippen LogP contribution in [0.25, 0.3) is 0 Å². The minimum absolute atomic E-state index is 0.126. The lowest BCUT2D eigenvalue weighted by Crippen LogP contribution is -2.41. The van der Waals surface area contributed by atoms with E-state index in [4.69, 9.17) is 14.2 Å². The van der Waals surface area contributed by atoms with Crippen molar-refractivity contribution < 1.29 is 24.1 Å². The summed E-state index contributed by atoms with van der Waals surface area (Å²) in [6.45, 7) is 1.53. The number of amides is 2. The van der Waals surface area contributed by atoms with Gasteiger partial charge in [-0.2, -0.15) is 0 Å². The van der Waals surface area contributed by atoms with E-state index in [0.29, 0.717) is 19.8 Å². The zero-order valence-corrected chi connectivity index (χ0v) is 13.0. The number of hydrogen-bond donors (Lipinski definition) is 3. The Hall–Kier alpha value is -1.83. The largest absolute Gasteiger partial charge is 0.497 e. The molecule has 0 aliphatic carbocycles. The van der Waals surface area contributed by atoms with Crippen LogP contribution in [0.2, 0.25) is 0 Å². The molecule has 0 unspecified atom stereocenters. The molecule has 1 aromatic rings. The highest BCUT2D eigenvalue weighted by molar-refractivity contribution is 5.73. The Balaban J connectivity index is 2.12. The smallest absolute Gasteiger partial charge is 0.314 e. The van der Waals surface area contributed by atoms with Crippen molar-refractivity contribution in [3.05, 3.63) is 29.8 Å². The Morgan fingerprint density at radius 3 is 2.59 bits per heavy atom. The van der Waals surface area contributed by atoms with Crippen LogP contribution in [0.15, 0.2) is 24.3 Å². The highest BCUT2D eigenvalue weighted by Gasteiger charge is 2.07. The van der Waals surface area contributed by atoms with Crippen molar-refractivity contribution in [3.8, 4) is 5.75 Å². The number of carbonyl (C=O) groups is 1. The Bertz CT molecular complexity index is 424. The van der Waals surface area contributed by atoms with E-state index in [-0.39, 0.29) is 19.2 Å². The SMILES string of the molecule is COCCNC(=O)NC[C@H](O)COCc1ccc(OC)cc1. The number of benzene rings is 1. The highest BCUT2D eigenvalue weighted by Crippen LogP contribution is 2.11. The predicted octanol–water partition coefficient (Wildman–Crippen LogP) is 0.518. The van der Waals surface area contributed by atoms with Gasteiger partial charge in [-0.3, -0.25) is 0 Å². The summed E-state index contributed by atoms with van der Waals surface area (Å²) < 4.78 is 15.3. The van der Waals surface area contributed by atoms with Crippen molar-refractivity contribution in [2.45, 2.75) is 12.7 Å². The van der Waals surface area contributed by atoms with E-state index in [1.807, 2.05) is 24.3 Å². The fourth-order valence-corrected chi connectivity index (χ4v) is 1.63. The quantitative estimate of drug-likeness (QED) is 0.548. The van der Waals surface area contributed by atoms with E-state index in [2.05, 4.69) is 10.6 Å². The van der Waals surface area contributed by atoms with Crippen molar-refractivity contribution in [3.63, 3.8) is 0 Å². The molecule has 0 saturated carbocycles. The lowest BCUT2D eigenvalue weighted by atomic mass is 10.2. The van der Waals surface area contributed by atoms with Gasteiger partial charge < -0.3 is 30.0 Å². The molecule has 0 aliphatic heterocycles. The standard InChI is InChI=1S/C15H24N2O5/c1-20-8-7-16-15(19)17-9-13(18)11-22-10-12-3-5-14(21-2)6-4-12/h3-6,13,18H,7-11H2,1-2H3,(H2,16,17,19)/t13-/m0/s1. The summed E-state index contributed by atoms with van der Waals surface area (Å²) in [4.78, 5) is 11.3. The van der Waals surface area contributed by atoms with Gasteiger partial charge >= 0.3 is 6.03 Å². The molecule has 0 saturated heterocycles. The van der Waals surface area contributed by atoms with Gasteiger partial charge in [0.15, 0.2) is 0 Å². The van der Waals surface area contributed by atoms with Crippen LogP contribution in [-0.4, -0.2) is 57.8 Å². The molecule has 0 aromatic heterocycles. The van der Waals surface area contributed by atoms with Crippen LogP contribution in [0.3, 0.4) is 0 Å². The monoisotopic (exact) mass is 312 g/mol. The molecule has 124 valence electrons. The van der Waals surface area contributed by atoms with Gasteiger partial charge in [-0.25, -0.2) is 4.79 Å². The van der Waals surface area contributed by atoms with Crippen molar-refractivity contribution in [2.24, 2.45) is 0 Å². The molecule has 7 heteroatoms. The van der Waals surface area contributed by atoms with Crippen molar-refractivity contribution in [2.75, 3.05) is 40.5 Å². The number of ether oxygens (including phenoxy) is 3. The second-order valence-corrected chi connectivity index (χ2v) is 4.65. The molecule has 0 radical (unpaired) electrons. The maximum atomic E-state index is 11.3. The molecule has 1 aromatic carbocycles. The summed E-state index contributed by atoms with van der Waals surface area (Å²) in [5, 5.41) is 14.9. The van der Waals surface area contributed by atoms with Crippen LogP contribution in [0, 0.1) is 0 Å². The zero-order valence-electron chi connectivity index (χ0n) is 13.0. The number of hydrogen-bond acceptors (Lipinski definition) is 5. The average Bonchev–Trinajstić information content (AvgIpc) is 2.54. The van der Waals surface area contributed by atoms with Crippen LogP contribution in [0.4, 0.5) is 4.79 Å². The normalized spacial score (nSPS) is 11.8. The summed E-state index contributed by atoms with van der Waals surface area (Å²) >= 11 is 0. The first-order valence-corrected chi connectivity index (χ1v) is 7.05. The number of methoxy groups -OCH3 is 2. The summed E-state index contributed by atoms with van der Waals surface area (Å²) in [7, 11) is 3.17. The number of nitrogens with one attached hydrogen (secondary N) is 2. The van der Waals surface area contributed by atoms with Crippen LogP contribution >= 0.6 is 0 Å². The third kappa shape index (κ3) is 7.82. The molecule has 0 aliphatic rings. The molecule has 22 heavy (non-hydrogen) atoms. The van der Waals surface area contributed by atoms with E-state index in [9.17, 15) is 9.90 Å². The number of aliphatic hydroxyl groups is 1. The van der Waals surface area contributed by atoms with E-state index in [1.165, 1.54) is 0 Å². The van der Waals surface area contributed by atoms with Gasteiger partial charge in [0.25, 0.3) is 0 Å². The second-order valence-electron chi connectivity index (χ2n) is 4.65. The summed E-state index contributed by atoms with van der Waals surface area (Å²) in [6, 6.07) is 7.15. The predicted molar refractivity (Wildman–Crippen MR) is 81.9 cm³/mol. The first-order valence-electron chi connectivity index (χ1n) is 7.05. The first kappa shape index (κ1) is 18.2. The summed E-state index contributed by atoms with van der Waals surface area (Å²) in [5.74, 6) is 0.785. The molecule has 0 bridgehead atoms. The van der Waals surface area contributed by atoms with Crippen molar-refractivity contribution in [1.82, 2.24) is 10.6 Å². The van der Waals surface area contributed by atoms with Gasteiger partial charge in [0, 0.05) is 20.2 Å². The van der Waals surface area contributed by atoms with Gasteiger partial charge in [-0.15, -0.1) is 0 Å². The lowest BCUT2D eigenvalue weighted by molar-refractivity contribution is 0.0300. The Morgan fingerprint density at radius 2 is 1.95 bits per heavy atom. The van der Waals surface area contributed by atoms with Crippen LogP contribution in [0.1, 0.15) is 5.56 Å². The van der Waals surface area contributed by atoms with Crippen molar-refractivity contribution in [1.29, 1.82) is 0 Å². The molecular formula is C15H24N2O5. The number of carbonyl (C=O) groups excluding carboxylic acids is 1. The molecule has 0 heterocycles. The lowest BCUT2D eigenvalue weighted by Gasteiger charge is -2.13. The highest BCUT2D eigenvalue weighted by atomic mass is 16.5. The second kappa shape index (κ2) is 10.8. The first-order chi connectivity index (χ1) is 10.7. The molecule has 0 spiro atoms. The fourth-order valence-electron chi connectivity index (χ4n) is 1.63. The molecular weight excluding hydrogens is 288 g/mol. The van der Waals surface area contributed by atoms with E-state index < -0.39 is 6.10 Å². The van der Waals surface area contributed by atoms with Crippen molar-refractivity contribution >= 4 is 6.03 Å².